The zero-order valence-electron chi connectivity index (χ0n) is 6.03. The third-order valence-electron chi connectivity index (χ3n) is 1.47. The van der Waals surface area contributed by atoms with E-state index in [1.807, 2.05) is 18.3 Å². The Kier molecular flexibility index (Phi) is 1.61. The molecule has 0 aromatic carbocycles. The van der Waals surface area contributed by atoms with Crippen LogP contribution >= 0.6 is 0 Å². The number of ether oxygens (including phenoxy) is 1. The molecule has 0 amide bonds. The molecule has 0 spiro atoms. The van der Waals surface area contributed by atoms with E-state index in [0.29, 0.717) is 13.2 Å². The predicted molar refractivity (Wildman–Crippen MR) is 40.5 cm³/mol. The lowest BCUT2D eigenvalue weighted by Crippen LogP contribution is -2.15. The van der Waals surface area contributed by atoms with Crippen molar-refractivity contribution in [2.24, 2.45) is 0 Å². The molecular weight excluding hydrogens is 142 g/mol. The molecule has 1 aromatic heterocycles. The van der Waals surface area contributed by atoms with Crippen LogP contribution in [-0.4, -0.2) is 23.1 Å². The molecule has 0 radical (unpaired) electrons. The molecule has 2 rings (SSSR count). The maximum absolute atomic E-state index is 5.11. The summed E-state index contributed by atoms with van der Waals surface area (Å²) in [6.45, 7) is 1.35. The molecule has 0 bridgehead atoms. The maximum Gasteiger partial charge on any atom is 0.0883 e. The fourth-order valence-electron chi connectivity index (χ4n) is 0.947. The fraction of sp³-hybridized carbons (Fsp3) is 0.286. The molecule has 0 saturated heterocycles. The molecule has 1 aliphatic heterocycles. The molecular formula is C7H9N3O. The van der Waals surface area contributed by atoms with Crippen LogP contribution in [0.1, 0.15) is 0 Å². The van der Waals surface area contributed by atoms with Gasteiger partial charge >= 0.3 is 0 Å². The van der Waals surface area contributed by atoms with E-state index in [-0.39, 0.29) is 0 Å². The Morgan fingerprint density at radius 3 is 3.27 bits per heavy atom. The van der Waals surface area contributed by atoms with Crippen molar-refractivity contribution in [3.05, 3.63) is 30.2 Å². The molecule has 0 saturated carbocycles. The summed E-state index contributed by atoms with van der Waals surface area (Å²) in [5, 5.41) is 3.99. The van der Waals surface area contributed by atoms with Gasteiger partial charge in [0.15, 0.2) is 0 Å². The normalized spacial score (nSPS) is 16.5. The Bertz CT molecular complexity index is 253. The first-order chi connectivity index (χ1) is 5.45. The van der Waals surface area contributed by atoms with E-state index in [9.17, 15) is 0 Å². The van der Waals surface area contributed by atoms with Gasteiger partial charge in [-0.1, -0.05) is 0 Å². The van der Waals surface area contributed by atoms with Crippen molar-refractivity contribution in [1.29, 1.82) is 0 Å². The van der Waals surface area contributed by atoms with E-state index in [0.717, 1.165) is 5.70 Å². The molecule has 0 atom stereocenters. The lowest BCUT2D eigenvalue weighted by Gasteiger charge is -2.04. The summed E-state index contributed by atoms with van der Waals surface area (Å²) in [5.74, 6) is 0. The second kappa shape index (κ2) is 2.75. The van der Waals surface area contributed by atoms with E-state index in [1.54, 1.807) is 11.0 Å². The number of aromatic nitrogens is 2. The van der Waals surface area contributed by atoms with Crippen LogP contribution in [-0.2, 0) is 4.74 Å². The highest BCUT2D eigenvalue weighted by Gasteiger charge is 2.03. The van der Waals surface area contributed by atoms with Crippen LogP contribution in [0.3, 0.4) is 0 Å². The van der Waals surface area contributed by atoms with Gasteiger partial charge in [0, 0.05) is 6.20 Å². The van der Waals surface area contributed by atoms with Crippen molar-refractivity contribution in [3.8, 4) is 0 Å². The smallest absolute Gasteiger partial charge is 0.0883 e. The van der Waals surface area contributed by atoms with Crippen molar-refractivity contribution in [1.82, 2.24) is 9.89 Å². The summed E-state index contributed by atoms with van der Waals surface area (Å²) in [4.78, 5) is 1.65. The summed E-state index contributed by atoms with van der Waals surface area (Å²) in [5.41, 5.74) is 4.13. The average molecular weight is 151 g/mol. The molecule has 58 valence electrons. The molecule has 0 aliphatic carbocycles. The molecule has 0 fully saturated rings. The van der Waals surface area contributed by atoms with Gasteiger partial charge in [-0.2, -0.15) is 9.89 Å². The lowest BCUT2D eigenvalue weighted by atomic mass is 10.5. The van der Waals surface area contributed by atoms with Crippen molar-refractivity contribution < 1.29 is 4.74 Å². The number of nitrogens with zero attached hydrogens (tertiary/aromatic N) is 2. The van der Waals surface area contributed by atoms with Gasteiger partial charge in [0.2, 0.25) is 0 Å². The standard InChI is InChI=1S/C7H9N3O/c1-3-8-10(4-1)9-7-2-5-11-6-7/h1-4,9H,5-6H2. The van der Waals surface area contributed by atoms with E-state index in [2.05, 4.69) is 10.5 Å². The first kappa shape index (κ1) is 6.42. The number of rotatable bonds is 2. The fourth-order valence-corrected chi connectivity index (χ4v) is 0.947. The second-order valence-electron chi connectivity index (χ2n) is 2.31. The van der Waals surface area contributed by atoms with Gasteiger partial charge in [0.1, 0.15) is 0 Å². The lowest BCUT2D eigenvalue weighted by molar-refractivity contribution is 0.208. The molecule has 1 aliphatic rings. The quantitative estimate of drug-likeness (QED) is 0.662. The van der Waals surface area contributed by atoms with E-state index in [1.165, 1.54) is 0 Å². The van der Waals surface area contributed by atoms with Gasteiger partial charge in [-0.25, -0.2) is 0 Å². The minimum Gasteiger partial charge on any atom is -0.371 e. The monoisotopic (exact) mass is 151 g/mol. The van der Waals surface area contributed by atoms with Crippen LogP contribution in [0.2, 0.25) is 0 Å². The molecule has 2 heterocycles. The zero-order chi connectivity index (χ0) is 7.52. The highest BCUT2D eigenvalue weighted by molar-refractivity contribution is 5.13. The third kappa shape index (κ3) is 1.40. The van der Waals surface area contributed by atoms with E-state index < -0.39 is 0 Å². The van der Waals surface area contributed by atoms with Gasteiger partial charge in [0.25, 0.3) is 0 Å². The van der Waals surface area contributed by atoms with Gasteiger partial charge in [-0.3, -0.25) is 5.43 Å². The summed E-state index contributed by atoms with van der Waals surface area (Å²) in [6.07, 6.45) is 5.57. The molecule has 1 N–H and O–H groups in total. The Hall–Kier alpha value is -1.29. The summed E-state index contributed by atoms with van der Waals surface area (Å²) in [6, 6.07) is 1.86. The Morgan fingerprint density at radius 1 is 1.64 bits per heavy atom. The highest BCUT2D eigenvalue weighted by Crippen LogP contribution is 2.00. The van der Waals surface area contributed by atoms with Crippen molar-refractivity contribution in [2.45, 2.75) is 0 Å². The van der Waals surface area contributed by atoms with E-state index >= 15 is 0 Å². The number of nitrogens with one attached hydrogen (secondary N) is 1. The zero-order valence-corrected chi connectivity index (χ0v) is 6.03. The van der Waals surface area contributed by atoms with Crippen molar-refractivity contribution in [3.63, 3.8) is 0 Å². The molecule has 4 heteroatoms. The minimum atomic E-state index is 0.653. The average Bonchev–Trinajstić information content (AvgIpc) is 2.60. The van der Waals surface area contributed by atoms with Gasteiger partial charge in [0.05, 0.1) is 25.1 Å². The Balaban J connectivity index is 2.00. The summed E-state index contributed by atoms with van der Waals surface area (Å²) >= 11 is 0. The van der Waals surface area contributed by atoms with Crippen LogP contribution in [0, 0.1) is 0 Å². The predicted octanol–water partition coefficient (Wildman–Crippen LogP) is 0.341. The number of hydrogen-bond donors (Lipinski definition) is 1. The molecule has 4 nitrogen and oxygen atoms in total. The van der Waals surface area contributed by atoms with Crippen LogP contribution in [0.25, 0.3) is 0 Å². The molecule has 11 heavy (non-hydrogen) atoms. The minimum absolute atomic E-state index is 0.653. The van der Waals surface area contributed by atoms with E-state index in [4.69, 9.17) is 4.74 Å². The first-order valence-corrected chi connectivity index (χ1v) is 3.48. The van der Waals surface area contributed by atoms with Crippen LogP contribution in [0.5, 0.6) is 0 Å². The Labute approximate surface area is 64.4 Å². The second-order valence-corrected chi connectivity index (χ2v) is 2.31. The third-order valence-corrected chi connectivity index (χ3v) is 1.47. The van der Waals surface area contributed by atoms with Crippen LogP contribution in [0.4, 0.5) is 0 Å². The molecule has 0 unspecified atom stereocenters. The summed E-state index contributed by atoms with van der Waals surface area (Å²) in [7, 11) is 0. The van der Waals surface area contributed by atoms with Crippen molar-refractivity contribution in [2.75, 3.05) is 18.6 Å². The largest absolute Gasteiger partial charge is 0.371 e. The van der Waals surface area contributed by atoms with Crippen LogP contribution in [0.15, 0.2) is 30.2 Å². The van der Waals surface area contributed by atoms with Gasteiger partial charge < -0.3 is 4.74 Å². The summed E-state index contributed by atoms with van der Waals surface area (Å²) < 4.78 is 5.11. The topological polar surface area (TPSA) is 39.1 Å². The maximum atomic E-state index is 5.11. The van der Waals surface area contributed by atoms with Crippen LogP contribution < -0.4 is 5.43 Å². The Morgan fingerprint density at radius 2 is 2.64 bits per heavy atom. The highest BCUT2D eigenvalue weighted by atomic mass is 16.5. The molecule has 1 aromatic rings. The van der Waals surface area contributed by atoms with Gasteiger partial charge in [-0.15, -0.1) is 0 Å². The SMILES string of the molecule is C1=C(Nn2cccn2)COC1. The van der Waals surface area contributed by atoms with Gasteiger partial charge in [-0.05, 0) is 12.1 Å². The number of hydrogen-bond acceptors (Lipinski definition) is 3. The van der Waals surface area contributed by atoms with Crippen molar-refractivity contribution >= 4 is 0 Å². The first-order valence-electron chi connectivity index (χ1n) is 3.48.